The summed E-state index contributed by atoms with van der Waals surface area (Å²) in [5.74, 6) is -0.287. The molecular weight excluding hydrogens is 274 g/mol. The van der Waals surface area contributed by atoms with Gasteiger partial charge in [0, 0.05) is 18.0 Å². The van der Waals surface area contributed by atoms with Crippen molar-refractivity contribution in [2.24, 2.45) is 5.41 Å². The minimum Gasteiger partial charge on any atom is -0.329 e. The molecule has 0 aliphatic carbocycles. The summed E-state index contributed by atoms with van der Waals surface area (Å²) in [5.41, 5.74) is 0.903. The van der Waals surface area contributed by atoms with Gasteiger partial charge in [-0.1, -0.05) is 38.5 Å². The molecule has 0 aromatic heterocycles. The first-order valence-electron chi connectivity index (χ1n) is 6.34. The van der Waals surface area contributed by atoms with Crippen molar-refractivity contribution in [3.63, 3.8) is 0 Å². The van der Waals surface area contributed by atoms with Crippen molar-refractivity contribution in [3.05, 3.63) is 40.9 Å². The second-order valence-electron chi connectivity index (χ2n) is 5.82. The average Bonchev–Trinajstić information content (AvgIpc) is 2.26. The number of hydrogen-bond acceptors (Lipinski definition) is 3. The minimum atomic E-state index is -3.58. The van der Waals surface area contributed by atoms with Gasteiger partial charge in [-0.3, -0.25) is 4.79 Å². The summed E-state index contributed by atoms with van der Waals surface area (Å²) < 4.78 is 24.7. The van der Waals surface area contributed by atoms with Crippen LogP contribution in [0, 0.1) is 12.3 Å². The van der Waals surface area contributed by atoms with Crippen LogP contribution in [0.15, 0.2) is 40.3 Å². The van der Waals surface area contributed by atoms with Crippen LogP contribution in [0.3, 0.4) is 0 Å². The van der Waals surface area contributed by atoms with Crippen molar-refractivity contribution in [2.75, 3.05) is 0 Å². The van der Waals surface area contributed by atoms with Crippen LogP contribution in [0.5, 0.6) is 0 Å². The van der Waals surface area contributed by atoms with Crippen molar-refractivity contribution < 1.29 is 13.2 Å². The third kappa shape index (κ3) is 4.49. The van der Waals surface area contributed by atoms with Crippen LogP contribution in [-0.2, 0) is 14.6 Å². The van der Waals surface area contributed by atoms with E-state index >= 15 is 0 Å². The van der Waals surface area contributed by atoms with Gasteiger partial charge in [0.25, 0.3) is 0 Å². The zero-order chi connectivity index (χ0) is 15.6. The molecule has 1 amide bonds. The molecule has 0 aliphatic heterocycles. The van der Waals surface area contributed by atoms with E-state index in [2.05, 4.69) is 5.32 Å². The molecule has 1 N–H and O–H groups in total. The monoisotopic (exact) mass is 295 g/mol. The van der Waals surface area contributed by atoms with Crippen molar-refractivity contribution >= 4 is 15.7 Å². The number of nitrogens with one attached hydrogen (secondary N) is 1. The second kappa shape index (κ2) is 5.79. The Labute approximate surface area is 120 Å². The zero-order valence-corrected chi connectivity index (χ0v) is 13.3. The summed E-state index contributed by atoms with van der Waals surface area (Å²) in [6.45, 7) is 8.79. The second-order valence-corrected chi connectivity index (χ2v) is 7.62. The Bertz CT molecular complexity index is 620. The molecule has 0 radical (unpaired) electrons. The Hall–Kier alpha value is -1.62. The summed E-state index contributed by atoms with van der Waals surface area (Å²) in [7, 11) is -3.58. The van der Waals surface area contributed by atoms with Crippen molar-refractivity contribution in [3.8, 4) is 0 Å². The van der Waals surface area contributed by atoms with Crippen molar-refractivity contribution in [1.29, 1.82) is 0 Å². The third-order valence-corrected chi connectivity index (χ3v) is 4.22. The number of benzene rings is 1. The van der Waals surface area contributed by atoms with E-state index in [1.165, 1.54) is 6.92 Å². The number of hydrogen-bond donors (Lipinski definition) is 1. The lowest BCUT2D eigenvalue weighted by atomic mass is 9.93. The first-order chi connectivity index (χ1) is 9.02. The maximum absolute atomic E-state index is 12.4. The van der Waals surface area contributed by atoms with E-state index in [-0.39, 0.29) is 10.8 Å². The number of sulfone groups is 1. The third-order valence-electron chi connectivity index (χ3n) is 2.74. The van der Waals surface area contributed by atoms with Crippen LogP contribution in [-0.4, -0.2) is 14.3 Å². The molecule has 0 unspecified atom stereocenters. The van der Waals surface area contributed by atoms with E-state index in [0.717, 1.165) is 11.0 Å². The normalized spacial score (nSPS) is 13.2. The molecular formula is C15H21NO3S. The molecule has 0 saturated heterocycles. The first-order valence-corrected chi connectivity index (χ1v) is 7.88. The Morgan fingerprint density at radius 2 is 1.65 bits per heavy atom. The summed E-state index contributed by atoms with van der Waals surface area (Å²) in [4.78, 5) is 11.4. The lowest BCUT2D eigenvalue weighted by molar-refractivity contribution is -0.118. The summed E-state index contributed by atoms with van der Waals surface area (Å²) in [6.07, 6.45) is 0. The highest BCUT2D eigenvalue weighted by Crippen LogP contribution is 2.25. The van der Waals surface area contributed by atoms with E-state index < -0.39 is 15.3 Å². The van der Waals surface area contributed by atoms with Gasteiger partial charge in [-0.2, -0.15) is 0 Å². The van der Waals surface area contributed by atoms with E-state index in [9.17, 15) is 13.2 Å². The van der Waals surface area contributed by atoms with E-state index in [1.54, 1.807) is 24.3 Å². The van der Waals surface area contributed by atoms with Crippen LogP contribution in [0.25, 0.3) is 0 Å². The fraction of sp³-hybridized carbons (Fsp3) is 0.400. The SMILES string of the molecule is CC(=O)N/C(=C/S(=O)(=O)c1ccc(C)cc1)C(C)(C)C. The van der Waals surface area contributed by atoms with E-state index in [4.69, 9.17) is 0 Å². The van der Waals surface area contributed by atoms with Crippen LogP contribution >= 0.6 is 0 Å². The highest BCUT2D eigenvalue weighted by atomic mass is 32.2. The largest absolute Gasteiger partial charge is 0.329 e. The van der Waals surface area contributed by atoms with Gasteiger partial charge in [-0.25, -0.2) is 8.42 Å². The van der Waals surface area contributed by atoms with Gasteiger partial charge in [-0.15, -0.1) is 0 Å². The molecule has 4 nitrogen and oxygen atoms in total. The number of aryl methyl sites for hydroxylation is 1. The lowest BCUT2D eigenvalue weighted by Gasteiger charge is -2.23. The van der Waals surface area contributed by atoms with E-state index in [0.29, 0.717) is 5.70 Å². The first kappa shape index (κ1) is 16.4. The van der Waals surface area contributed by atoms with Gasteiger partial charge in [-0.05, 0) is 19.1 Å². The molecule has 0 bridgehead atoms. The maximum Gasteiger partial charge on any atom is 0.221 e. The quantitative estimate of drug-likeness (QED) is 0.932. The van der Waals surface area contributed by atoms with Crippen LogP contribution in [0.2, 0.25) is 0 Å². The van der Waals surface area contributed by atoms with Gasteiger partial charge in [0.15, 0.2) is 0 Å². The molecule has 0 spiro atoms. The fourth-order valence-corrected chi connectivity index (χ4v) is 2.91. The predicted octanol–water partition coefficient (Wildman–Crippen LogP) is 2.79. The molecule has 0 saturated carbocycles. The molecule has 0 heterocycles. The van der Waals surface area contributed by atoms with Gasteiger partial charge in [0.05, 0.1) is 10.3 Å². The van der Waals surface area contributed by atoms with E-state index in [1.807, 2.05) is 27.7 Å². The summed E-state index contributed by atoms with van der Waals surface area (Å²) in [6, 6.07) is 6.62. The fourth-order valence-electron chi connectivity index (χ4n) is 1.53. The number of rotatable bonds is 3. The lowest BCUT2D eigenvalue weighted by Crippen LogP contribution is -2.29. The Kier molecular flexibility index (Phi) is 4.76. The van der Waals surface area contributed by atoms with Crippen LogP contribution < -0.4 is 5.32 Å². The van der Waals surface area contributed by atoms with Crippen molar-refractivity contribution in [1.82, 2.24) is 5.32 Å². The number of allylic oxidation sites excluding steroid dienone is 1. The number of amides is 1. The Morgan fingerprint density at radius 1 is 1.15 bits per heavy atom. The van der Waals surface area contributed by atoms with Crippen molar-refractivity contribution in [2.45, 2.75) is 39.5 Å². The van der Waals surface area contributed by atoms with Crippen LogP contribution in [0.4, 0.5) is 0 Å². The van der Waals surface area contributed by atoms with Gasteiger partial charge >= 0.3 is 0 Å². The molecule has 0 aliphatic rings. The zero-order valence-electron chi connectivity index (χ0n) is 12.5. The molecule has 1 rings (SSSR count). The van der Waals surface area contributed by atoms with Gasteiger partial charge < -0.3 is 5.32 Å². The number of carbonyl (C=O) groups is 1. The molecule has 110 valence electrons. The van der Waals surface area contributed by atoms with Gasteiger partial charge in [0.2, 0.25) is 15.7 Å². The Morgan fingerprint density at radius 3 is 2.05 bits per heavy atom. The summed E-state index contributed by atoms with van der Waals surface area (Å²) >= 11 is 0. The smallest absolute Gasteiger partial charge is 0.221 e. The standard InChI is InChI=1S/C15H21NO3S/c1-11-6-8-13(9-7-11)20(18,19)10-14(15(3,4)5)16-12(2)17/h6-10H,1-5H3,(H,16,17)/b14-10+. The molecule has 20 heavy (non-hydrogen) atoms. The van der Waals surface area contributed by atoms with Gasteiger partial charge in [0.1, 0.15) is 0 Å². The molecule has 0 fully saturated rings. The average molecular weight is 295 g/mol. The molecule has 1 aromatic carbocycles. The highest BCUT2D eigenvalue weighted by Gasteiger charge is 2.22. The Balaban J connectivity index is 3.27. The summed E-state index contributed by atoms with van der Waals surface area (Å²) in [5, 5.41) is 3.74. The molecule has 0 atom stereocenters. The number of carbonyl (C=O) groups excluding carboxylic acids is 1. The molecule has 1 aromatic rings. The highest BCUT2D eigenvalue weighted by molar-refractivity contribution is 7.94. The maximum atomic E-state index is 12.4. The van der Waals surface area contributed by atoms with Crippen LogP contribution in [0.1, 0.15) is 33.3 Å². The molecule has 5 heteroatoms. The topological polar surface area (TPSA) is 63.2 Å². The minimum absolute atomic E-state index is 0.218. The predicted molar refractivity (Wildman–Crippen MR) is 79.7 cm³/mol.